The second kappa shape index (κ2) is 5.42. The fourth-order valence-electron chi connectivity index (χ4n) is 4.29. The van der Waals surface area contributed by atoms with Gasteiger partial charge in [-0.25, -0.2) is 0 Å². The molecule has 0 fully saturated rings. The number of aromatic nitrogens is 2. The molecule has 0 amide bonds. The third-order valence-corrected chi connectivity index (χ3v) is 5.46. The third-order valence-electron chi connectivity index (χ3n) is 5.46. The van der Waals surface area contributed by atoms with Crippen molar-refractivity contribution >= 4 is 43.4 Å². The van der Waals surface area contributed by atoms with Gasteiger partial charge in [-0.2, -0.15) is 0 Å². The predicted molar refractivity (Wildman–Crippen MR) is 114 cm³/mol. The van der Waals surface area contributed by atoms with Crippen molar-refractivity contribution in [3.8, 4) is 5.69 Å². The summed E-state index contributed by atoms with van der Waals surface area (Å²) in [4.78, 5) is 4.23. The molecule has 0 aliphatic rings. The van der Waals surface area contributed by atoms with Gasteiger partial charge in [0.2, 0.25) is 0 Å². The highest BCUT2D eigenvalue weighted by Gasteiger charge is 2.16. The van der Waals surface area contributed by atoms with Crippen molar-refractivity contribution in [1.82, 2.24) is 9.55 Å². The Balaban J connectivity index is 1.97. The van der Waals surface area contributed by atoms with Crippen LogP contribution in [0.5, 0.6) is 0 Å². The topological polar surface area (TPSA) is 17.8 Å². The van der Waals surface area contributed by atoms with E-state index in [0.717, 1.165) is 5.69 Å². The van der Waals surface area contributed by atoms with E-state index in [-0.39, 0.29) is 0 Å². The number of hydrogen-bond acceptors (Lipinski definition) is 1. The van der Waals surface area contributed by atoms with Gasteiger partial charge in [-0.1, -0.05) is 72.8 Å². The summed E-state index contributed by atoms with van der Waals surface area (Å²) in [6.45, 7) is 0. The van der Waals surface area contributed by atoms with Gasteiger partial charge in [-0.15, -0.1) is 0 Å². The number of benzene rings is 4. The van der Waals surface area contributed by atoms with Gasteiger partial charge in [0.25, 0.3) is 0 Å². The van der Waals surface area contributed by atoms with E-state index in [1.54, 1.807) is 0 Å². The van der Waals surface area contributed by atoms with E-state index in [1.807, 2.05) is 12.4 Å². The first kappa shape index (κ1) is 14.5. The predicted octanol–water partition coefficient (Wildman–Crippen LogP) is 6.49. The first-order valence-electron chi connectivity index (χ1n) is 9.16. The molecule has 0 saturated heterocycles. The lowest BCUT2D eigenvalue weighted by Gasteiger charge is -2.10. The van der Waals surface area contributed by atoms with E-state index in [9.17, 15) is 0 Å². The third kappa shape index (κ3) is 1.98. The van der Waals surface area contributed by atoms with E-state index < -0.39 is 0 Å². The summed E-state index contributed by atoms with van der Waals surface area (Å²) in [5.41, 5.74) is 3.65. The minimum absolute atomic E-state index is 1.14. The second-order valence-electron chi connectivity index (χ2n) is 6.91. The van der Waals surface area contributed by atoms with Crippen molar-refractivity contribution in [1.29, 1.82) is 0 Å². The minimum atomic E-state index is 1.14. The van der Waals surface area contributed by atoms with Crippen molar-refractivity contribution in [2.45, 2.75) is 0 Å². The lowest BCUT2D eigenvalue weighted by molar-refractivity contribution is 1.16. The summed E-state index contributed by atoms with van der Waals surface area (Å²) in [6.07, 6.45) is 3.73. The molecule has 2 heteroatoms. The Morgan fingerprint density at radius 3 is 1.56 bits per heavy atom. The van der Waals surface area contributed by atoms with Crippen molar-refractivity contribution in [3.63, 3.8) is 0 Å². The molecule has 0 spiro atoms. The standard InChI is InChI=1S/C25H16N2/c1-3-7-20-17(5-1)9-11-22-23-12-10-18-6-2-4-8-21(18)25(23)27(24(20)22)19-13-15-26-16-14-19/h1-16H. The van der Waals surface area contributed by atoms with Gasteiger partial charge < -0.3 is 4.57 Å². The monoisotopic (exact) mass is 344 g/mol. The molecule has 0 N–H and O–H groups in total. The Morgan fingerprint density at radius 1 is 0.481 bits per heavy atom. The summed E-state index contributed by atoms with van der Waals surface area (Å²) >= 11 is 0. The molecule has 2 nitrogen and oxygen atoms in total. The summed E-state index contributed by atoms with van der Waals surface area (Å²) in [7, 11) is 0. The smallest absolute Gasteiger partial charge is 0.0619 e. The molecule has 2 aromatic heterocycles. The zero-order valence-electron chi connectivity index (χ0n) is 14.6. The molecule has 6 rings (SSSR count). The van der Waals surface area contributed by atoms with E-state index in [2.05, 4.69) is 94.5 Å². The van der Waals surface area contributed by atoms with Gasteiger partial charge in [0.05, 0.1) is 11.0 Å². The van der Waals surface area contributed by atoms with Crippen LogP contribution in [0.1, 0.15) is 0 Å². The molecule has 0 saturated carbocycles. The van der Waals surface area contributed by atoms with Crippen LogP contribution in [0.15, 0.2) is 97.3 Å². The molecule has 6 aromatic rings. The summed E-state index contributed by atoms with van der Waals surface area (Å²) in [5.74, 6) is 0. The van der Waals surface area contributed by atoms with Gasteiger partial charge in [-0.3, -0.25) is 4.98 Å². The normalized spacial score (nSPS) is 11.7. The van der Waals surface area contributed by atoms with E-state index >= 15 is 0 Å². The molecule has 27 heavy (non-hydrogen) atoms. The zero-order valence-corrected chi connectivity index (χ0v) is 14.6. The Bertz CT molecular complexity index is 1370. The van der Waals surface area contributed by atoms with Crippen molar-refractivity contribution in [3.05, 3.63) is 97.3 Å². The molecule has 0 unspecified atom stereocenters. The summed E-state index contributed by atoms with van der Waals surface area (Å²) < 4.78 is 2.40. The maximum absolute atomic E-state index is 4.23. The maximum Gasteiger partial charge on any atom is 0.0619 e. The number of fused-ring (bicyclic) bond motifs is 7. The molecule has 0 aliphatic carbocycles. The molecular weight excluding hydrogens is 328 g/mol. The Kier molecular flexibility index (Phi) is 2.91. The molecular formula is C25H16N2. The number of nitrogens with zero attached hydrogens (tertiary/aromatic N) is 2. The molecule has 0 bridgehead atoms. The highest BCUT2D eigenvalue weighted by molar-refractivity contribution is 6.23. The first-order chi connectivity index (χ1) is 13.4. The van der Waals surface area contributed by atoms with E-state index in [0.29, 0.717) is 0 Å². The molecule has 4 aromatic carbocycles. The van der Waals surface area contributed by atoms with Crippen LogP contribution in [-0.4, -0.2) is 9.55 Å². The summed E-state index contributed by atoms with van der Waals surface area (Å²) in [5, 5.41) is 7.62. The van der Waals surface area contributed by atoms with Crippen LogP contribution in [0.4, 0.5) is 0 Å². The van der Waals surface area contributed by atoms with Gasteiger partial charge in [0.1, 0.15) is 0 Å². The van der Waals surface area contributed by atoms with Crippen LogP contribution in [-0.2, 0) is 0 Å². The van der Waals surface area contributed by atoms with Crippen LogP contribution in [0, 0.1) is 0 Å². The molecule has 2 heterocycles. The molecule has 126 valence electrons. The van der Waals surface area contributed by atoms with E-state index in [1.165, 1.54) is 43.4 Å². The van der Waals surface area contributed by atoms with Gasteiger partial charge in [-0.05, 0) is 22.9 Å². The minimum Gasteiger partial charge on any atom is -0.308 e. The van der Waals surface area contributed by atoms with Crippen LogP contribution in [0.25, 0.3) is 49.0 Å². The fourth-order valence-corrected chi connectivity index (χ4v) is 4.29. The van der Waals surface area contributed by atoms with Gasteiger partial charge in [0, 0.05) is 39.6 Å². The Morgan fingerprint density at radius 2 is 1.00 bits per heavy atom. The Labute approximate surface area is 156 Å². The summed E-state index contributed by atoms with van der Waals surface area (Å²) in [6, 6.07) is 30.4. The first-order valence-corrected chi connectivity index (χ1v) is 9.16. The van der Waals surface area contributed by atoms with Crippen molar-refractivity contribution in [2.75, 3.05) is 0 Å². The van der Waals surface area contributed by atoms with E-state index in [4.69, 9.17) is 0 Å². The van der Waals surface area contributed by atoms with Gasteiger partial charge in [0.15, 0.2) is 0 Å². The van der Waals surface area contributed by atoms with Crippen molar-refractivity contribution < 1.29 is 0 Å². The van der Waals surface area contributed by atoms with Gasteiger partial charge >= 0.3 is 0 Å². The zero-order chi connectivity index (χ0) is 17.8. The average molecular weight is 344 g/mol. The molecule has 0 atom stereocenters. The fraction of sp³-hybridized carbons (Fsp3) is 0. The quantitative estimate of drug-likeness (QED) is 0.333. The SMILES string of the molecule is c1ccc2c(c1)ccc1c3ccc4ccccc4c3n(-c3ccncc3)c21. The highest BCUT2D eigenvalue weighted by Crippen LogP contribution is 2.39. The van der Waals surface area contributed by atoms with Crippen LogP contribution < -0.4 is 0 Å². The number of rotatable bonds is 1. The Hall–Kier alpha value is -3.65. The molecule has 0 aliphatic heterocycles. The lowest BCUT2D eigenvalue weighted by atomic mass is 10.0. The second-order valence-corrected chi connectivity index (χ2v) is 6.91. The van der Waals surface area contributed by atoms with Crippen LogP contribution in [0.3, 0.4) is 0 Å². The highest BCUT2D eigenvalue weighted by atomic mass is 15.0. The van der Waals surface area contributed by atoms with Crippen LogP contribution in [0.2, 0.25) is 0 Å². The lowest BCUT2D eigenvalue weighted by Crippen LogP contribution is -1.95. The maximum atomic E-state index is 4.23. The molecule has 0 radical (unpaired) electrons. The average Bonchev–Trinajstić information content (AvgIpc) is 3.10. The van der Waals surface area contributed by atoms with Crippen LogP contribution >= 0.6 is 0 Å². The number of hydrogen-bond donors (Lipinski definition) is 0. The number of pyridine rings is 1. The largest absolute Gasteiger partial charge is 0.308 e. The van der Waals surface area contributed by atoms with Crippen molar-refractivity contribution in [2.24, 2.45) is 0 Å².